The van der Waals surface area contributed by atoms with E-state index in [0.29, 0.717) is 0 Å². The first-order valence-corrected chi connectivity index (χ1v) is 15.0. The normalized spacial score (nSPS) is 16.6. The molecule has 0 amide bonds. The highest BCUT2D eigenvalue weighted by Gasteiger charge is 2.36. The molecular weight excluding hydrogens is 528 g/mol. The van der Waals surface area contributed by atoms with Crippen molar-refractivity contribution in [3.8, 4) is 0 Å². The highest BCUT2D eigenvalue weighted by molar-refractivity contribution is 7.61. The summed E-state index contributed by atoms with van der Waals surface area (Å²) in [5.74, 6) is 0. The Morgan fingerprint density at radius 2 is 1.30 bits per heavy atom. The van der Waals surface area contributed by atoms with Crippen molar-refractivity contribution in [3.05, 3.63) is 36.0 Å². The van der Waals surface area contributed by atoms with Crippen LogP contribution in [0.5, 0.6) is 0 Å². The smallest absolute Gasteiger partial charge is 0.302 e. The van der Waals surface area contributed by atoms with Crippen molar-refractivity contribution < 1.29 is 65.3 Å². The van der Waals surface area contributed by atoms with Crippen LogP contribution in [0.1, 0.15) is 47.5 Å². The number of hydrogen-bond donors (Lipinski definition) is 6. The number of phosphoric acid groups is 4. The summed E-state index contributed by atoms with van der Waals surface area (Å²) < 4.78 is 58.8. The molecule has 18 heteroatoms. The van der Waals surface area contributed by atoms with E-state index in [2.05, 4.69) is 30.3 Å². The van der Waals surface area contributed by atoms with Gasteiger partial charge in [0.25, 0.3) is 0 Å². The van der Waals surface area contributed by atoms with E-state index in [9.17, 15) is 18.3 Å². The van der Waals surface area contributed by atoms with Crippen molar-refractivity contribution in [1.29, 1.82) is 0 Å². The summed E-state index contributed by atoms with van der Waals surface area (Å²) in [7, 11) is -19.6. The maximum atomic E-state index is 11.1. The molecule has 14 nitrogen and oxygen atoms in total. The Hall–Kier alpha value is -0.260. The first-order valence-electron chi connectivity index (χ1n) is 8.96. The summed E-state index contributed by atoms with van der Waals surface area (Å²) in [6.07, 6.45) is 6.43. The third-order valence-electron chi connectivity index (χ3n) is 3.02. The Balaban J connectivity index is 0. The van der Waals surface area contributed by atoms with Gasteiger partial charge >= 0.3 is 31.3 Å². The van der Waals surface area contributed by atoms with Gasteiger partial charge in [0.05, 0.1) is 12.2 Å². The lowest BCUT2D eigenvalue weighted by Crippen LogP contribution is -2.19. The van der Waals surface area contributed by atoms with E-state index in [1.807, 2.05) is 20.8 Å². The first kappa shape index (κ1) is 34.9. The third-order valence-corrected chi connectivity index (χ3v) is 7.55. The molecule has 33 heavy (non-hydrogen) atoms. The topological polar surface area (TPSA) is 227 Å². The highest BCUT2D eigenvalue weighted by atomic mass is 31.3. The van der Waals surface area contributed by atoms with Crippen molar-refractivity contribution in [2.24, 2.45) is 0 Å². The zero-order valence-electron chi connectivity index (χ0n) is 18.8. The van der Waals surface area contributed by atoms with Gasteiger partial charge in [-0.3, -0.25) is 9.05 Å². The van der Waals surface area contributed by atoms with Gasteiger partial charge in [-0.25, -0.2) is 18.3 Å². The molecule has 0 fully saturated rings. The molecule has 0 aliphatic rings. The molecule has 0 saturated heterocycles. The largest absolute Gasteiger partial charge is 0.481 e. The van der Waals surface area contributed by atoms with Crippen LogP contribution in [0.15, 0.2) is 36.0 Å². The van der Waals surface area contributed by atoms with Crippen LogP contribution in [-0.4, -0.2) is 41.6 Å². The predicted octanol–water partition coefficient (Wildman–Crippen LogP) is 4.08. The molecule has 0 saturated carbocycles. The molecule has 0 aliphatic heterocycles. The van der Waals surface area contributed by atoms with Crippen LogP contribution < -0.4 is 0 Å². The average Bonchev–Trinajstić information content (AvgIpc) is 2.49. The zero-order valence-corrected chi connectivity index (χ0v) is 22.4. The Kier molecular flexibility index (Phi) is 15.2. The minimum Gasteiger partial charge on any atom is -0.302 e. The molecule has 0 bridgehead atoms. The second-order valence-corrected chi connectivity index (χ2v) is 12.7. The summed E-state index contributed by atoms with van der Waals surface area (Å²) in [6, 6.07) is 0. The van der Waals surface area contributed by atoms with Crippen molar-refractivity contribution in [3.63, 3.8) is 0 Å². The minimum atomic E-state index is -5.06. The quantitative estimate of drug-likeness (QED) is 0.138. The van der Waals surface area contributed by atoms with Crippen molar-refractivity contribution in [1.82, 2.24) is 0 Å². The van der Waals surface area contributed by atoms with Crippen LogP contribution in [-0.2, 0) is 35.9 Å². The fraction of sp³-hybridized carbons (Fsp3) is 0.600. The van der Waals surface area contributed by atoms with Gasteiger partial charge in [-0.1, -0.05) is 29.4 Å². The van der Waals surface area contributed by atoms with Crippen molar-refractivity contribution in [2.45, 2.75) is 53.1 Å². The Morgan fingerprint density at radius 1 is 0.848 bits per heavy atom. The third kappa shape index (κ3) is 24.7. The lowest BCUT2D eigenvalue weighted by atomic mass is 10.1. The highest BCUT2D eigenvalue weighted by Crippen LogP contribution is 2.59. The van der Waals surface area contributed by atoms with Gasteiger partial charge in [-0.05, 0) is 47.5 Å². The van der Waals surface area contributed by atoms with Crippen LogP contribution in [0.2, 0.25) is 0 Å². The maximum absolute atomic E-state index is 11.1. The summed E-state index contributed by atoms with van der Waals surface area (Å²) >= 11 is 0. The van der Waals surface area contributed by atoms with Crippen molar-refractivity contribution in [2.75, 3.05) is 6.61 Å². The van der Waals surface area contributed by atoms with Crippen LogP contribution in [0.25, 0.3) is 0 Å². The number of phosphoric ester groups is 2. The summed E-state index contributed by atoms with van der Waals surface area (Å²) in [5, 5.41) is 0. The molecule has 0 aromatic heterocycles. The molecule has 0 spiro atoms. The number of hydrogen-bond acceptors (Lipinski definition) is 8. The monoisotopic (exact) mass is 560 g/mol. The molecular formula is C15H32O14P4. The summed E-state index contributed by atoms with van der Waals surface area (Å²) in [4.78, 5) is 51.2. The molecule has 0 heterocycles. The molecule has 0 aromatic carbocycles. The summed E-state index contributed by atoms with van der Waals surface area (Å²) in [5.41, 5.74) is 0.923. The predicted molar refractivity (Wildman–Crippen MR) is 120 cm³/mol. The Labute approximate surface area is 192 Å². The molecule has 2 atom stereocenters. The van der Waals surface area contributed by atoms with E-state index >= 15 is 0 Å². The van der Waals surface area contributed by atoms with Gasteiger partial charge in [-0.2, -0.15) is 8.62 Å². The molecule has 2 unspecified atom stereocenters. The first-order chi connectivity index (χ1) is 14.5. The second-order valence-electron chi connectivity index (χ2n) is 7.15. The van der Waals surface area contributed by atoms with Crippen LogP contribution >= 0.6 is 31.3 Å². The Bertz CT molecular complexity index is 877. The molecule has 0 aromatic rings. The van der Waals surface area contributed by atoms with Gasteiger partial charge in [0.1, 0.15) is 0 Å². The van der Waals surface area contributed by atoms with Crippen molar-refractivity contribution >= 4 is 31.3 Å². The van der Waals surface area contributed by atoms with E-state index in [-0.39, 0.29) is 6.61 Å². The van der Waals surface area contributed by atoms with E-state index in [4.69, 9.17) is 29.4 Å². The molecule has 196 valence electrons. The van der Waals surface area contributed by atoms with E-state index in [0.717, 1.165) is 18.4 Å². The van der Waals surface area contributed by atoms with Gasteiger partial charge in [-0.15, -0.1) is 6.58 Å². The van der Waals surface area contributed by atoms with E-state index in [1.165, 1.54) is 25.5 Å². The fourth-order valence-corrected chi connectivity index (χ4v) is 5.01. The second kappa shape index (κ2) is 14.3. The average molecular weight is 560 g/mol. The standard InChI is InChI=1S/C10H20O7P2.C5H12O7P2/c1-9(2)5-4-6-10(3)7-8-16-19(14,15)17-18(11,12)13;1-4-5(2,3)11-14(9,10)12-13(6,7)8/h5,7H,4,6,8H2,1-3H3,(H,14,15)(H2,11,12,13);4H,1H2,2-3H3,(H,9,10)(H2,6,7,8)/b10-7+;. The van der Waals surface area contributed by atoms with Gasteiger partial charge in [0, 0.05) is 0 Å². The van der Waals surface area contributed by atoms with Gasteiger partial charge in [0.2, 0.25) is 0 Å². The minimum absolute atomic E-state index is 0.256. The molecule has 0 radical (unpaired) electrons. The number of rotatable bonds is 13. The molecule has 6 N–H and O–H groups in total. The molecule has 0 rings (SSSR count). The zero-order chi connectivity index (χ0) is 26.7. The molecule has 0 aliphatic carbocycles. The number of allylic oxidation sites excluding steroid dienone is 3. The van der Waals surface area contributed by atoms with Gasteiger partial charge < -0.3 is 29.4 Å². The van der Waals surface area contributed by atoms with E-state index in [1.54, 1.807) is 6.08 Å². The Morgan fingerprint density at radius 3 is 1.70 bits per heavy atom. The summed E-state index contributed by atoms with van der Waals surface area (Å²) in [6.45, 7) is 11.6. The lowest BCUT2D eigenvalue weighted by molar-refractivity contribution is 0.1000. The van der Waals surface area contributed by atoms with Crippen LogP contribution in [0.3, 0.4) is 0 Å². The SMILES string of the molecule is C=CC(C)(C)OP(=O)(O)OP(=O)(O)O.CC(C)=CCC/C(C)=C/COP(=O)(O)OP(=O)(O)O. The van der Waals surface area contributed by atoms with E-state index < -0.39 is 36.9 Å². The van der Waals surface area contributed by atoms with Crippen LogP contribution in [0.4, 0.5) is 0 Å². The van der Waals surface area contributed by atoms with Gasteiger partial charge in [0.15, 0.2) is 0 Å². The fourth-order valence-electron chi connectivity index (χ4n) is 1.61. The maximum Gasteiger partial charge on any atom is 0.481 e. The van der Waals surface area contributed by atoms with Crippen LogP contribution in [0, 0.1) is 0 Å². The lowest BCUT2D eigenvalue weighted by Gasteiger charge is -2.23.